The summed E-state index contributed by atoms with van der Waals surface area (Å²) < 4.78 is 0. The summed E-state index contributed by atoms with van der Waals surface area (Å²) in [7, 11) is 0. The Kier molecular flexibility index (Phi) is 6.49. The minimum atomic E-state index is -0.817. The van der Waals surface area contributed by atoms with Crippen molar-refractivity contribution in [3.8, 4) is 0 Å². The van der Waals surface area contributed by atoms with Gasteiger partial charge in [0.15, 0.2) is 0 Å². The molecular weight excluding hydrogens is 168 g/mol. The highest BCUT2D eigenvalue weighted by molar-refractivity contribution is 5.05. The van der Waals surface area contributed by atoms with Crippen LogP contribution < -0.4 is 0 Å². The van der Waals surface area contributed by atoms with Gasteiger partial charge in [0.1, 0.15) is 0 Å². The van der Waals surface area contributed by atoms with E-state index in [-0.39, 0.29) is 13.2 Å². The van der Waals surface area contributed by atoms with E-state index in [2.05, 4.69) is 6.58 Å². The van der Waals surface area contributed by atoms with E-state index in [0.717, 1.165) is 12.0 Å². The number of hydrogen-bond donors (Lipinski definition) is 3. The van der Waals surface area contributed by atoms with Crippen molar-refractivity contribution in [3.63, 3.8) is 0 Å². The largest absolute Gasteiger partial charge is 0.393 e. The summed E-state index contributed by atoms with van der Waals surface area (Å²) in [6, 6.07) is 0. The summed E-state index contributed by atoms with van der Waals surface area (Å²) in [6.07, 6.45) is 2.46. The fourth-order valence-corrected chi connectivity index (χ4v) is 0.864. The lowest BCUT2D eigenvalue weighted by Gasteiger charge is -2.09. The lowest BCUT2D eigenvalue weighted by Crippen LogP contribution is -2.14. The second kappa shape index (κ2) is 6.83. The maximum Gasteiger partial charge on any atom is 0.0978 e. The van der Waals surface area contributed by atoms with Crippen LogP contribution in [0.15, 0.2) is 23.8 Å². The molecule has 0 amide bonds. The van der Waals surface area contributed by atoms with Crippen LogP contribution in [0.4, 0.5) is 0 Å². The molecule has 0 bridgehead atoms. The van der Waals surface area contributed by atoms with E-state index in [1.54, 1.807) is 0 Å². The average molecular weight is 186 g/mol. The van der Waals surface area contributed by atoms with Gasteiger partial charge in [-0.25, -0.2) is 0 Å². The van der Waals surface area contributed by atoms with Gasteiger partial charge in [0, 0.05) is 0 Å². The van der Waals surface area contributed by atoms with Gasteiger partial charge in [-0.15, -0.1) is 0 Å². The van der Waals surface area contributed by atoms with Crippen LogP contribution in [-0.4, -0.2) is 34.6 Å². The van der Waals surface area contributed by atoms with E-state index in [9.17, 15) is 0 Å². The third-order valence-corrected chi connectivity index (χ3v) is 1.85. The Balaban J connectivity index is 3.71. The van der Waals surface area contributed by atoms with Gasteiger partial charge < -0.3 is 15.3 Å². The van der Waals surface area contributed by atoms with E-state index in [1.807, 2.05) is 13.0 Å². The molecule has 0 saturated heterocycles. The highest BCUT2D eigenvalue weighted by Gasteiger charge is 2.05. The van der Waals surface area contributed by atoms with Crippen LogP contribution in [0.25, 0.3) is 0 Å². The van der Waals surface area contributed by atoms with Crippen LogP contribution in [0.3, 0.4) is 0 Å². The zero-order chi connectivity index (χ0) is 10.3. The molecule has 1 atom stereocenters. The molecule has 13 heavy (non-hydrogen) atoms. The molecule has 0 saturated carbocycles. The van der Waals surface area contributed by atoms with Gasteiger partial charge in [-0.1, -0.05) is 18.2 Å². The summed E-state index contributed by atoms with van der Waals surface area (Å²) in [5, 5.41) is 26.4. The van der Waals surface area contributed by atoms with E-state index < -0.39 is 6.10 Å². The molecule has 0 aliphatic rings. The first kappa shape index (κ1) is 12.4. The minimum absolute atomic E-state index is 0.0645. The Morgan fingerprint density at radius 2 is 2.08 bits per heavy atom. The second-order valence-corrected chi connectivity index (χ2v) is 3.10. The van der Waals surface area contributed by atoms with Crippen LogP contribution in [0, 0.1) is 0 Å². The van der Waals surface area contributed by atoms with E-state index in [4.69, 9.17) is 15.3 Å². The van der Waals surface area contributed by atoms with Gasteiger partial charge in [0.25, 0.3) is 0 Å². The standard InChI is InChI=1S/C10H18O3/c1-8(6-11)4-3-5-9(2)10(13)7-12/h4,10-13H,2-3,5-7H2,1H3/t10-/m1/s1. The molecule has 0 radical (unpaired) electrons. The Hall–Kier alpha value is -0.640. The predicted molar refractivity (Wildman–Crippen MR) is 52.3 cm³/mol. The molecule has 3 heteroatoms. The van der Waals surface area contributed by atoms with Gasteiger partial charge in [-0.05, 0) is 25.3 Å². The van der Waals surface area contributed by atoms with Crippen molar-refractivity contribution in [3.05, 3.63) is 23.8 Å². The molecule has 0 spiro atoms. The summed E-state index contributed by atoms with van der Waals surface area (Å²) in [5.74, 6) is 0. The number of hydrogen-bond acceptors (Lipinski definition) is 3. The molecule has 0 fully saturated rings. The molecule has 0 rings (SSSR count). The third kappa shape index (κ3) is 5.58. The first-order valence-electron chi connectivity index (χ1n) is 4.35. The van der Waals surface area contributed by atoms with E-state index in [0.29, 0.717) is 12.0 Å². The Labute approximate surface area is 79.0 Å². The molecule has 0 unspecified atom stereocenters. The minimum Gasteiger partial charge on any atom is -0.393 e. The highest BCUT2D eigenvalue weighted by atomic mass is 16.3. The van der Waals surface area contributed by atoms with E-state index in [1.165, 1.54) is 0 Å². The zero-order valence-electron chi connectivity index (χ0n) is 8.03. The van der Waals surface area contributed by atoms with Crippen molar-refractivity contribution in [1.82, 2.24) is 0 Å². The van der Waals surface area contributed by atoms with Gasteiger partial charge >= 0.3 is 0 Å². The summed E-state index contributed by atoms with van der Waals surface area (Å²) >= 11 is 0. The van der Waals surface area contributed by atoms with E-state index >= 15 is 0 Å². The number of allylic oxidation sites excluding steroid dienone is 1. The van der Waals surface area contributed by atoms with Crippen LogP contribution >= 0.6 is 0 Å². The van der Waals surface area contributed by atoms with Crippen molar-refractivity contribution in [2.45, 2.75) is 25.9 Å². The van der Waals surface area contributed by atoms with Crippen molar-refractivity contribution >= 4 is 0 Å². The SMILES string of the molecule is C=C(CCC=C(C)CO)[C@H](O)CO. The lowest BCUT2D eigenvalue weighted by atomic mass is 10.1. The summed E-state index contributed by atoms with van der Waals surface area (Å²) in [4.78, 5) is 0. The fourth-order valence-electron chi connectivity index (χ4n) is 0.864. The van der Waals surface area contributed by atoms with Gasteiger partial charge in [0.2, 0.25) is 0 Å². The first-order valence-corrected chi connectivity index (χ1v) is 4.35. The van der Waals surface area contributed by atoms with Crippen molar-refractivity contribution in [1.29, 1.82) is 0 Å². The van der Waals surface area contributed by atoms with Gasteiger partial charge in [-0.3, -0.25) is 0 Å². The maximum absolute atomic E-state index is 9.13. The summed E-state index contributed by atoms with van der Waals surface area (Å²) in [6.45, 7) is 5.27. The number of aliphatic hydroxyl groups excluding tert-OH is 3. The number of rotatable bonds is 6. The monoisotopic (exact) mass is 186 g/mol. The molecule has 3 nitrogen and oxygen atoms in total. The highest BCUT2D eigenvalue weighted by Crippen LogP contribution is 2.09. The van der Waals surface area contributed by atoms with Crippen LogP contribution in [-0.2, 0) is 0 Å². The maximum atomic E-state index is 9.13. The Morgan fingerprint density at radius 3 is 2.54 bits per heavy atom. The first-order chi connectivity index (χ1) is 6.11. The fraction of sp³-hybridized carbons (Fsp3) is 0.600. The van der Waals surface area contributed by atoms with Crippen LogP contribution in [0.2, 0.25) is 0 Å². The predicted octanol–water partition coefficient (Wildman–Crippen LogP) is 0.615. The van der Waals surface area contributed by atoms with Gasteiger partial charge in [0.05, 0.1) is 19.3 Å². The van der Waals surface area contributed by atoms with Crippen molar-refractivity contribution < 1.29 is 15.3 Å². The van der Waals surface area contributed by atoms with Crippen LogP contribution in [0.1, 0.15) is 19.8 Å². The third-order valence-electron chi connectivity index (χ3n) is 1.85. The average Bonchev–Trinajstić information content (AvgIpc) is 2.15. The molecule has 0 aromatic rings. The van der Waals surface area contributed by atoms with Gasteiger partial charge in [-0.2, -0.15) is 0 Å². The van der Waals surface area contributed by atoms with Crippen LogP contribution in [0.5, 0.6) is 0 Å². The Bertz CT molecular complexity index is 185. The van der Waals surface area contributed by atoms with Crippen molar-refractivity contribution in [2.24, 2.45) is 0 Å². The molecule has 0 heterocycles. The molecule has 0 aliphatic carbocycles. The molecule has 0 aliphatic heterocycles. The lowest BCUT2D eigenvalue weighted by molar-refractivity contribution is 0.120. The molecule has 76 valence electrons. The molecular formula is C10H18O3. The number of aliphatic hydroxyl groups is 3. The smallest absolute Gasteiger partial charge is 0.0978 e. The normalized spacial score (nSPS) is 14.3. The molecule has 0 aromatic carbocycles. The topological polar surface area (TPSA) is 60.7 Å². The Morgan fingerprint density at radius 1 is 1.46 bits per heavy atom. The zero-order valence-corrected chi connectivity index (χ0v) is 8.03. The summed E-state index contributed by atoms with van der Waals surface area (Å²) in [5.41, 5.74) is 1.54. The molecule has 3 N–H and O–H groups in total. The van der Waals surface area contributed by atoms with Crippen molar-refractivity contribution in [2.75, 3.05) is 13.2 Å². The quantitative estimate of drug-likeness (QED) is 0.533. The second-order valence-electron chi connectivity index (χ2n) is 3.10. The molecule has 0 aromatic heterocycles.